The van der Waals surface area contributed by atoms with Gasteiger partial charge >= 0.3 is 13.8 Å². The molecule has 0 spiro atoms. The topological polar surface area (TPSA) is 106 Å². The molecule has 1 heterocycles. The molecule has 9 heteroatoms. The lowest BCUT2D eigenvalue weighted by atomic mass is 9.93. The summed E-state index contributed by atoms with van der Waals surface area (Å²) in [5.74, 6) is -0.273. The third kappa shape index (κ3) is 4.66. The molecule has 3 aromatic carbocycles. The summed E-state index contributed by atoms with van der Waals surface area (Å²) < 4.78 is 27.1. The van der Waals surface area contributed by atoms with Gasteiger partial charge in [0.1, 0.15) is 6.73 Å². The van der Waals surface area contributed by atoms with Crippen molar-refractivity contribution >= 4 is 24.6 Å². The second-order valence-corrected chi connectivity index (χ2v) is 10.3. The van der Waals surface area contributed by atoms with Crippen LogP contribution in [0.2, 0.25) is 0 Å². The number of hydrogen-bond acceptors (Lipinski definition) is 7. The third-order valence-corrected chi connectivity index (χ3v) is 7.63. The number of fused-ring (bicyclic) bond motifs is 2. The Balaban J connectivity index is 1.12. The van der Waals surface area contributed by atoms with Crippen LogP contribution in [0.4, 0.5) is 0 Å². The van der Waals surface area contributed by atoms with E-state index in [1.165, 1.54) is 22.4 Å². The number of aliphatic hydroxyl groups excluding tert-OH is 1. The van der Waals surface area contributed by atoms with Gasteiger partial charge in [0, 0.05) is 18.5 Å². The molecule has 1 aliphatic heterocycles. The summed E-state index contributed by atoms with van der Waals surface area (Å²) in [5, 5.41) is 11.7. The lowest BCUT2D eigenvalue weighted by Crippen LogP contribution is -2.28. The number of rotatable bonds is 9. The summed E-state index contributed by atoms with van der Waals surface area (Å²) in [6.07, 6.45) is 1.10. The molecule has 178 valence electrons. The summed E-state index contributed by atoms with van der Waals surface area (Å²) in [6, 6.07) is 21.2. The number of carbonyl (C=O) groups is 1. The molecule has 2 N–H and O–H groups in total. The van der Waals surface area contributed by atoms with E-state index in [0.717, 1.165) is 19.5 Å². The van der Waals surface area contributed by atoms with E-state index in [-0.39, 0.29) is 24.3 Å². The van der Waals surface area contributed by atoms with Crippen LogP contribution in [0.15, 0.2) is 66.7 Å². The summed E-state index contributed by atoms with van der Waals surface area (Å²) in [4.78, 5) is 24.1. The minimum atomic E-state index is -4.41. The zero-order chi connectivity index (χ0) is 23.8. The van der Waals surface area contributed by atoms with Crippen LogP contribution in [0.3, 0.4) is 0 Å². The Bertz CT molecular complexity index is 1260. The van der Waals surface area contributed by atoms with Gasteiger partial charge in [-0.2, -0.15) is 0 Å². The first-order valence-electron chi connectivity index (χ1n) is 11.1. The van der Waals surface area contributed by atoms with E-state index in [2.05, 4.69) is 30.3 Å². The molecule has 2 aliphatic rings. The van der Waals surface area contributed by atoms with Crippen LogP contribution in [0.25, 0.3) is 10.8 Å². The fraction of sp³-hybridized carbons (Fsp3) is 0.320. The van der Waals surface area contributed by atoms with E-state index in [4.69, 9.17) is 13.8 Å². The van der Waals surface area contributed by atoms with Crippen molar-refractivity contribution in [1.29, 1.82) is 0 Å². The molecule has 0 bridgehead atoms. The number of phosphoric ester groups is 1. The minimum Gasteiger partial charge on any atom is -0.434 e. The molecular weight excluding hydrogens is 457 g/mol. The summed E-state index contributed by atoms with van der Waals surface area (Å²) in [5.41, 5.74) is 1.90. The summed E-state index contributed by atoms with van der Waals surface area (Å²) in [6.45, 7) is 0.394. The van der Waals surface area contributed by atoms with E-state index >= 15 is 0 Å². The maximum atomic E-state index is 12.3. The van der Waals surface area contributed by atoms with Gasteiger partial charge in [-0.15, -0.1) is 0 Å². The fourth-order valence-corrected chi connectivity index (χ4v) is 5.47. The number of benzene rings is 3. The largest absolute Gasteiger partial charge is 0.476 e. The van der Waals surface area contributed by atoms with Crippen LogP contribution < -0.4 is 0 Å². The zero-order valence-corrected chi connectivity index (χ0v) is 19.4. The number of aliphatic hydroxyl groups is 1. The Morgan fingerprint density at radius 3 is 2.65 bits per heavy atom. The molecule has 1 unspecified atom stereocenters. The molecule has 1 saturated heterocycles. The number of likely N-dealkylation sites (tertiary alicyclic amines) is 1. The maximum Gasteiger partial charge on any atom is 0.476 e. The van der Waals surface area contributed by atoms with Gasteiger partial charge in [-0.05, 0) is 40.3 Å². The van der Waals surface area contributed by atoms with Gasteiger partial charge < -0.3 is 14.7 Å². The Kier molecular flexibility index (Phi) is 6.29. The van der Waals surface area contributed by atoms with Crippen LogP contribution in [0, 0.1) is 5.92 Å². The molecular formula is C25H26NO7P. The van der Waals surface area contributed by atoms with Gasteiger partial charge in [0.15, 0.2) is 0 Å². The highest BCUT2D eigenvalue weighted by atomic mass is 31.2. The molecule has 3 atom stereocenters. The number of piperidine rings is 1. The van der Waals surface area contributed by atoms with Gasteiger partial charge in [0.25, 0.3) is 0 Å². The van der Waals surface area contributed by atoms with Crippen LogP contribution in [0.1, 0.15) is 27.9 Å². The van der Waals surface area contributed by atoms with E-state index in [9.17, 15) is 19.4 Å². The lowest BCUT2D eigenvalue weighted by molar-refractivity contribution is -0.00376. The Morgan fingerprint density at radius 2 is 1.82 bits per heavy atom. The number of esters is 1. The van der Waals surface area contributed by atoms with Crippen LogP contribution in [-0.4, -0.2) is 47.5 Å². The molecule has 0 aromatic heterocycles. The number of ether oxygens (including phenoxy) is 1. The van der Waals surface area contributed by atoms with Crippen molar-refractivity contribution in [1.82, 2.24) is 4.90 Å². The van der Waals surface area contributed by atoms with E-state index in [1.807, 2.05) is 17.0 Å². The van der Waals surface area contributed by atoms with E-state index < -0.39 is 20.6 Å². The molecule has 2 fully saturated rings. The Hall–Kier alpha value is -2.58. The van der Waals surface area contributed by atoms with Crippen LogP contribution >= 0.6 is 7.82 Å². The predicted molar refractivity (Wildman–Crippen MR) is 125 cm³/mol. The second kappa shape index (κ2) is 9.23. The van der Waals surface area contributed by atoms with Crippen LogP contribution in [-0.2, 0) is 30.4 Å². The van der Waals surface area contributed by atoms with Crippen molar-refractivity contribution in [3.63, 3.8) is 0 Å². The average molecular weight is 483 g/mol. The first kappa shape index (κ1) is 23.2. The van der Waals surface area contributed by atoms with Gasteiger partial charge in [-0.1, -0.05) is 60.7 Å². The molecule has 0 radical (unpaired) electrons. The smallest absolute Gasteiger partial charge is 0.434 e. The standard InChI is InChI=1S/C25H26NO7P/c27-14-20-7-3-4-8-23(20)24(28)31-17-33-34(29,30)32-16-26-13-22-12-25(22,15-26)21-10-9-18-5-1-2-6-19(18)11-21/h1-11,22,27H,12-17H2,(H,29,30)/t22-,25+/m1/s1. The number of hydrogen-bond donors (Lipinski definition) is 2. The van der Waals surface area contributed by atoms with Gasteiger partial charge in [0.05, 0.1) is 12.2 Å². The second-order valence-electron chi connectivity index (χ2n) is 8.85. The Morgan fingerprint density at radius 1 is 1.06 bits per heavy atom. The molecule has 0 amide bonds. The molecule has 1 saturated carbocycles. The maximum absolute atomic E-state index is 12.3. The normalized spacial score (nSPS) is 23.4. The van der Waals surface area contributed by atoms with Crippen molar-refractivity contribution in [2.75, 3.05) is 26.6 Å². The highest BCUT2D eigenvalue weighted by molar-refractivity contribution is 7.47. The highest BCUT2D eigenvalue weighted by Crippen LogP contribution is 2.59. The van der Waals surface area contributed by atoms with Gasteiger partial charge in [0.2, 0.25) is 6.79 Å². The fourth-order valence-electron chi connectivity index (χ4n) is 4.90. The number of nitrogens with zero attached hydrogens (tertiary/aromatic N) is 1. The molecule has 5 rings (SSSR count). The van der Waals surface area contributed by atoms with Crippen LogP contribution in [0.5, 0.6) is 0 Å². The quantitative estimate of drug-likeness (QED) is 0.269. The molecule has 1 aliphatic carbocycles. The van der Waals surface area contributed by atoms with Crippen molar-refractivity contribution in [3.05, 3.63) is 83.4 Å². The minimum absolute atomic E-state index is 0.0547. The van der Waals surface area contributed by atoms with Crippen molar-refractivity contribution < 1.29 is 33.1 Å². The first-order chi connectivity index (χ1) is 16.4. The molecule has 3 aromatic rings. The SMILES string of the molecule is O=C(OCOP(=O)(O)OCN1C[C@H]2C[C@@]2(c2ccc3ccccc3c2)C1)c1ccccc1CO. The first-order valence-corrected chi connectivity index (χ1v) is 12.6. The van der Waals surface area contributed by atoms with Gasteiger partial charge in [-0.3, -0.25) is 9.42 Å². The predicted octanol–water partition coefficient (Wildman–Crippen LogP) is 3.81. The van der Waals surface area contributed by atoms with Crippen molar-refractivity contribution in [2.45, 2.75) is 18.4 Å². The van der Waals surface area contributed by atoms with E-state index in [1.54, 1.807) is 18.2 Å². The zero-order valence-electron chi connectivity index (χ0n) is 18.5. The number of phosphoric acid groups is 1. The van der Waals surface area contributed by atoms with Gasteiger partial charge in [-0.25, -0.2) is 13.9 Å². The summed E-state index contributed by atoms with van der Waals surface area (Å²) in [7, 11) is -4.41. The molecule has 8 nitrogen and oxygen atoms in total. The van der Waals surface area contributed by atoms with Crippen molar-refractivity contribution in [2.24, 2.45) is 5.92 Å². The highest BCUT2D eigenvalue weighted by Gasteiger charge is 2.60. The average Bonchev–Trinajstić information content (AvgIpc) is 3.43. The molecule has 34 heavy (non-hydrogen) atoms. The Labute approximate surface area is 197 Å². The lowest BCUT2D eigenvalue weighted by Gasteiger charge is -2.22. The number of carbonyl (C=O) groups excluding carboxylic acids is 1. The van der Waals surface area contributed by atoms with E-state index in [0.29, 0.717) is 11.5 Å². The van der Waals surface area contributed by atoms with Crippen molar-refractivity contribution in [3.8, 4) is 0 Å². The summed E-state index contributed by atoms with van der Waals surface area (Å²) >= 11 is 0. The third-order valence-electron chi connectivity index (χ3n) is 6.76. The monoisotopic (exact) mass is 483 g/mol.